The van der Waals surface area contributed by atoms with E-state index in [9.17, 15) is 9.59 Å². The number of carbonyl (C=O) groups is 2. The van der Waals surface area contributed by atoms with Crippen molar-refractivity contribution in [1.82, 2.24) is 5.32 Å². The highest BCUT2D eigenvalue weighted by Gasteiger charge is 2.15. The van der Waals surface area contributed by atoms with E-state index < -0.39 is 18.6 Å². The summed E-state index contributed by atoms with van der Waals surface area (Å²) in [6.45, 7) is 3.76. The second-order valence-electron chi connectivity index (χ2n) is 1.93. The molecule has 0 fully saturated rings. The number of aliphatic imine (C=N–C) groups is 1. The molecule has 0 aromatic rings. The third-order valence-corrected chi connectivity index (χ3v) is 1.01. The van der Waals surface area contributed by atoms with Crippen LogP contribution in [0, 0.1) is 0 Å². The van der Waals surface area contributed by atoms with E-state index >= 15 is 0 Å². The monoisotopic (exact) mass is 158 g/mol. The minimum Gasteiger partial charge on any atom is -0.394 e. The summed E-state index contributed by atoms with van der Waals surface area (Å²) in [5.74, 6) is -1.02. The summed E-state index contributed by atoms with van der Waals surface area (Å²) in [6, 6.07) is -0.954. The lowest BCUT2D eigenvalue weighted by atomic mass is 10.3. The highest BCUT2D eigenvalue weighted by Crippen LogP contribution is 1.85. The first-order chi connectivity index (χ1) is 5.11. The Kier molecular flexibility index (Phi) is 4.05. The Morgan fingerprint density at radius 1 is 1.73 bits per heavy atom. The minimum absolute atomic E-state index is 0.388. The van der Waals surface area contributed by atoms with E-state index in [4.69, 9.17) is 5.11 Å². The van der Waals surface area contributed by atoms with Crippen molar-refractivity contribution in [3.05, 3.63) is 0 Å². The molecular weight excluding hydrogens is 148 g/mol. The molecule has 0 saturated carbocycles. The van der Waals surface area contributed by atoms with Gasteiger partial charge in [-0.05, 0) is 6.72 Å². The summed E-state index contributed by atoms with van der Waals surface area (Å²) in [5.41, 5.74) is 0. The number of carbonyl (C=O) groups excluding carboxylic acids is 2. The molecule has 0 bridgehead atoms. The highest BCUT2D eigenvalue weighted by atomic mass is 16.3. The molecule has 62 valence electrons. The fraction of sp³-hybridized carbons (Fsp3) is 0.500. The summed E-state index contributed by atoms with van der Waals surface area (Å²) in [6.07, 6.45) is 0. The Hall–Kier alpha value is -1.23. The maximum atomic E-state index is 10.7. The molecule has 0 aliphatic rings. The Balaban J connectivity index is 4.05. The van der Waals surface area contributed by atoms with Crippen molar-refractivity contribution in [1.29, 1.82) is 0 Å². The summed E-state index contributed by atoms with van der Waals surface area (Å²) < 4.78 is 0. The van der Waals surface area contributed by atoms with Crippen LogP contribution in [-0.4, -0.2) is 36.3 Å². The van der Waals surface area contributed by atoms with E-state index in [0.29, 0.717) is 0 Å². The van der Waals surface area contributed by atoms with Gasteiger partial charge in [-0.15, -0.1) is 0 Å². The zero-order chi connectivity index (χ0) is 8.85. The highest BCUT2D eigenvalue weighted by molar-refractivity contribution is 5.89. The van der Waals surface area contributed by atoms with Crippen molar-refractivity contribution in [2.75, 3.05) is 6.61 Å². The minimum atomic E-state index is -0.954. The van der Waals surface area contributed by atoms with E-state index in [-0.39, 0.29) is 5.91 Å². The van der Waals surface area contributed by atoms with Gasteiger partial charge < -0.3 is 10.4 Å². The second-order valence-corrected chi connectivity index (χ2v) is 1.93. The Morgan fingerprint density at radius 3 is 2.55 bits per heavy atom. The zero-order valence-corrected chi connectivity index (χ0v) is 6.20. The third-order valence-electron chi connectivity index (χ3n) is 1.01. The molecule has 0 rings (SSSR count). The van der Waals surface area contributed by atoms with Crippen LogP contribution in [0.5, 0.6) is 0 Å². The van der Waals surface area contributed by atoms with Crippen LogP contribution in [0.15, 0.2) is 4.99 Å². The number of hydrogen-bond acceptors (Lipinski definition) is 3. The van der Waals surface area contributed by atoms with Gasteiger partial charge in [0.25, 0.3) is 5.91 Å². The van der Waals surface area contributed by atoms with E-state index in [0.717, 1.165) is 0 Å². The molecule has 0 aromatic carbocycles. The molecular formula is C6H10N2O3. The summed E-state index contributed by atoms with van der Waals surface area (Å²) in [7, 11) is 0. The predicted octanol–water partition coefficient (Wildman–Crippen LogP) is -1.29. The number of nitrogens with zero attached hydrogens (tertiary/aromatic N) is 1. The Bertz CT molecular complexity index is 179. The molecule has 0 heterocycles. The normalized spacial score (nSPS) is 11.8. The number of nitrogens with one attached hydrogen (secondary N) is 1. The number of aliphatic hydroxyl groups is 1. The Labute approximate surface area is 64.1 Å². The van der Waals surface area contributed by atoms with E-state index in [2.05, 4.69) is 17.0 Å². The molecule has 0 spiro atoms. The first-order valence-electron chi connectivity index (χ1n) is 3.00. The van der Waals surface area contributed by atoms with Gasteiger partial charge in [0.05, 0.1) is 6.61 Å². The van der Waals surface area contributed by atoms with Crippen LogP contribution in [0.1, 0.15) is 6.92 Å². The van der Waals surface area contributed by atoms with Crippen LogP contribution >= 0.6 is 0 Å². The average Bonchev–Trinajstić information content (AvgIpc) is 1.98. The SMILES string of the molecule is C=NC(=O)C(CO)NC(C)=O. The van der Waals surface area contributed by atoms with Gasteiger partial charge in [0.2, 0.25) is 5.91 Å². The van der Waals surface area contributed by atoms with Crippen molar-refractivity contribution >= 4 is 18.5 Å². The fourth-order valence-electron chi connectivity index (χ4n) is 0.541. The van der Waals surface area contributed by atoms with E-state index in [1.54, 1.807) is 0 Å². The van der Waals surface area contributed by atoms with Crippen LogP contribution in [-0.2, 0) is 9.59 Å². The lowest BCUT2D eigenvalue weighted by Gasteiger charge is -2.09. The summed E-state index contributed by atoms with van der Waals surface area (Å²) >= 11 is 0. The molecule has 5 nitrogen and oxygen atoms in total. The second kappa shape index (κ2) is 4.56. The lowest BCUT2D eigenvalue weighted by Crippen LogP contribution is -2.41. The van der Waals surface area contributed by atoms with Gasteiger partial charge in [0.1, 0.15) is 6.04 Å². The fourth-order valence-corrected chi connectivity index (χ4v) is 0.541. The number of rotatable bonds is 3. The summed E-state index contributed by atoms with van der Waals surface area (Å²) in [4.78, 5) is 24.1. The number of aliphatic hydroxyl groups excluding tert-OH is 1. The quantitative estimate of drug-likeness (QED) is 0.501. The molecule has 0 saturated heterocycles. The number of amides is 2. The van der Waals surface area contributed by atoms with Crippen molar-refractivity contribution < 1.29 is 14.7 Å². The maximum Gasteiger partial charge on any atom is 0.270 e. The zero-order valence-electron chi connectivity index (χ0n) is 6.20. The van der Waals surface area contributed by atoms with Crippen molar-refractivity contribution in [3.8, 4) is 0 Å². The molecule has 11 heavy (non-hydrogen) atoms. The standard InChI is InChI=1S/C6H10N2O3/c1-4(10)8-5(3-9)6(11)7-2/h5,9H,2-3H2,1H3,(H,8,10). The topological polar surface area (TPSA) is 78.8 Å². The van der Waals surface area contributed by atoms with E-state index in [1.165, 1.54) is 6.92 Å². The van der Waals surface area contributed by atoms with Gasteiger partial charge in [0.15, 0.2) is 0 Å². The summed E-state index contributed by atoms with van der Waals surface area (Å²) in [5, 5.41) is 10.8. The predicted molar refractivity (Wildman–Crippen MR) is 39.2 cm³/mol. The molecule has 1 atom stereocenters. The molecule has 0 aliphatic heterocycles. The first kappa shape index (κ1) is 9.77. The molecule has 2 amide bonds. The molecule has 0 aliphatic carbocycles. The average molecular weight is 158 g/mol. The van der Waals surface area contributed by atoms with Crippen LogP contribution in [0.2, 0.25) is 0 Å². The smallest absolute Gasteiger partial charge is 0.270 e. The van der Waals surface area contributed by atoms with Gasteiger partial charge in [-0.1, -0.05) is 0 Å². The molecule has 2 N–H and O–H groups in total. The lowest BCUT2D eigenvalue weighted by molar-refractivity contribution is -0.126. The van der Waals surface area contributed by atoms with Crippen LogP contribution in [0.4, 0.5) is 0 Å². The third kappa shape index (κ3) is 3.47. The van der Waals surface area contributed by atoms with Gasteiger partial charge >= 0.3 is 0 Å². The maximum absolute atomic E-state index is 10.7. The van der Waals surface area contributed by atoms with E-state index in [1.807, 2.05) is 0 Å². The molecule has 0 aromatic heterocycles. The van der Waals surface area contributed by atoms with Crippen LogP contribution in [0.3, 0.4) is 0 Å². The molecule has 5 heteroatoms. The van der Waals surface area contributed by atoms with Crippen molar-refractivity contribution in [3.63, 3.8) is 0 Å². The van der Waals surface area contributed by atoms with Crippen molar-refractivity contribution in [2.45, 2.75) is 13.0 Å². The van der Waals surface area contributed by atoms with Crippen molar-refractivity contribution in [2.24, 2.45) is 4.99 Å². The van der Waals surface area contributed by atoms with Crippen LogP contribution < -0.4 is 5.32 Å². The van der Waals surface area contributed by atoms with Gasteiger partial charge in [0, 0.05) is 6.92 Å². The van der Waals surface area contributed by atoms with Gasteiger partial charge in [-0.25, -0.2) is 4.99 Å². The van der Waals surface area contributed by atoms with Gasteiger partial charge in [-0.3, -0.25) is 9.59 Å². The molecule has 0 radical (unpaired) electrons. The van der Waals surface area contributed by atoms with Gasteiger partial charge in [-0.2, -0.15) is 0 Å². The molecule has 1 unspecified atom stereocenters. The van der Waals surface area contributed by atoms with Crippen LogP contribution in [0.25, 0.3) is 0 Å². The number of hydrogen-bond donors (Lipinski definition) is 2. The largest absolute Gasteiger partial charge is 0.394 e. The first-order valence-corrected chi connectivity index (χ1v) is 3.00. The Morgan fingerprint density at radius 2 is 2.27 bits per heavy atom.